The van der Waals surface area contributed by atoms with E-state index < -0.39 is 21.8 Å². The van der Waals surface area contributed by atoms with Gasteiger partial charge in [0, 0.05) is 5.02 Å². The zero-order valence-corrected chi connectivity index (χ0v) is 13.0. The van der Waals surface area contributed by atoms with Gasteiger partial charge in [0.2, 0.25) is 10.0 Å². The molecular weight excluding hydrogens is 286 g/mol. The van der Waals surface area contributed by atoms with Gasteiger partial charge in [0.05, 0.1) is 17.0 Å². The van der Waals surface area contributed by atoms with E-state index in [0.717, 1.165) is 5.56 Å². The normalized spacial score (nSPS) is 23.7. The van der Waals surface area contributed by atoms with Crippen molar-refractivity contribution in [3.63, 3.8) is 0 Å². The summed E-state index contributed by atoms with van der Waals surface area (Å²) in [5, 5.41) is 0.451. The second kappa shape index (κ2) is 4.74. The Balaban J connectivity index is 2.50. The lowest BCUT2D eigenvalue weighted by molar-refractivity contribution is 0.0843. The molecule has 1 unspecified atom stereocenters. The fourth-order valence-corrected chi connectivity index (χ4v) is 4.45. The molecular formula is C13H18ClNO3S. The quantitative estimate of drug-likeness (QED) is 0.844. The van der Waals surface area contributed by atoms with E-state index in [0.29, 0.717) is 11.6 Å². The Morgan fingerprint density at radius 3 is 2.53 bits per heavy atom. The standard InChI is InChI=1S/C13H18ClNO3S/c1-9-5-6-11(7-12(9)14)19(16,17)15-10(2)18-8-13(15,3)4/h5-7,10H,8H2,1-4H3. The van der Waals surface area contributed by atoms with Crippen LogP contribution in [0.25, 0.3) is 0 Å². The molecule has 0 N–H and O–H groups in total. The molecule has 1 aromatic rings. The maximum Gasteiger partial charge on any atom is 0.245 e. The summed E-state index contributed by atoms with van der Waals surface area (Å²) in [7, 11) is -3.61. The van der Waals surface area contributed by atoms with E-state index in [4.69, 9.17) is 16.3 Å². The maximum absolute atomic E-state index is 12.7. The summed E-state index contributed by atoms with van der Waals surface area (Å²) in [5.74, 6) is 0. The molecule has 0 bridgehead atoms. The molecule has 1 aromatic carbocycles. The van der Waals surface area contributed by atoms with Gasteiger partial charge in [0.25, 0.3) is 0 Å². The summed E-state index contributed by atoms with van der Waals surface area (Å²) >= 11 is 6.02. The molecule has 0 aromatic heterocycles. The van der Waals surface area contributed by atoms with Crippen molar-refractivity contribution in [1.82, 2.24) is 4.31 Å². The molecule has 1 atom stereocenters. The lowest BCUT2D eigenvalue weighted by Gasteiger charge is -2.30. The third kappa shape index (κ3) is 2.52. The van der Waals surface area contributed by atoms with Gasteiger partial charge in [-0.2, -0.15) is 4.31 Å². The summed E-state index contributed by atoms with van der Waals surface area (Å²) in [6, 6.07) is 4.79. The van der Waals surface area contributed by atoms with Gasteiger partial charge in [0.15, 0.2) is 0 Å². The molecule has 6 heteroatoms. The molecule has 1 aliphatic rings. The summed E-state index contributed by atoms with van der Waals surface area (Å²) in [5.41, 5.74) is 0.292. The lowest BCUT2D eigenvalue weighted by atomic mass is 10.1. The predicted molar refractivity (Wildman–Crippen MR) is 74.7 cm³/mol. The Morgan fingerprint density at radius 1 is 1.42 bits per heavy atom. The van der Waals surface area contributed by atoms with E-state index in [2.05, 4.69) is 0 Å². The number of ether oxygens (including phenoxy) is 1. The van der Waals surface area contributed by atoms with E-state index in [-0.39, 0.29) is 4.90 Å². The number of hydrogen-bond acceptors (Lipinski definition) is 3. The van der Waals surface area contributed by atoms with E-state index in [1.807, 2.05) is 20.8 Å². The van der Waals surface area contributed by atoms with Gasteiger partial charge in [0.1, 0.15) is 6.23 Å². The van der Waals surface area contributed by atoms with Crippen LogP contribution in [0.15, 0.2) is 23.1 Å². The van der Waals surface area contributed by atoms with Crippen molar-refractivity contribution in [2.24, 2.45) is 0 Å². The van der Waals surface area contributed by atoms with Gasteiger partial charge < -0.3 is 4.74 Å². The average molecular weight is 304 g/mol. The topological polar surface area (TPSA) is 46.6 Å². The summed E-state index contributed by atoms with van der Waals surface area (Å²) in [6.45, 7) is 7.66. The molecule has 1 heterocycles. The summed E-state index contributed by atoms with van der Waals surface area (Å²) in [4.78, 5) is 0.202. The lowest BCUT2D eigenvalue weighted by Crippen LogP contribution is -2.47. The molecule has 1 aliphatic heterocycles. The molecule has 4 nitrogen and oxygen atoms in total. The molecule has 0 amide bonds. The maximum atomic E-state index is 12.7. The highest BCUT2D eigenvalue weighted by molar-refractivity contribution is 7.89. The minimum Gasteiger partial charge on any atom is -0.360 e. The number of rotatable bonds is 2. The summed E-state index contributed by atoms with van der Waals surface area (Å²) in [6.07, 6.45) is -0.472. The van der Waals surface area contributed by atoms with Gasteiger partial charge >= 0.3 is 0 Å². The molecule has 1 saturated heterocycles. The molecule has 1 fully saturated rings. The van der Waals surface area contributed by atoms with Crippen LogP contribution < -0.4 is 0 Å². The number of nitrogens with zero attached hydrogens (tertiary/aromatic N) is 1. The number of halogens is 1. The van der Waals surface area contributed by atoms with Crippen molar-refractivity contribution in [2.45, 2.75) is 44.4 Å². The zero-order chi connectivity index (χ0) is 14.4. The molecule has 0 spiro atoms. The second-order valence-electron chi connectivity index (χ2n) is 5.43. The monoisotopic (exact) mass is 303 g/mol. The van der Waals surface area contributed by atoms with Crippen LogP contribution in [-0.2, 0) is 14.8 Å². The Hall–Kier alpha value is -0.620. The Bertz CT molecular complexity index is 598. The first-order valence-electron chi connectivity index (χ1n) is 6.08. The highest BCUT2D eigenvalue weighted by Crippen LogP contribution is 2.34. The van der Waals surface area contributed by atoms with Gasteiger partial charge in [-0.05, 0) is 45.4 Å². The molecule has 0 saturated carbocycles. The first kappa shape index (κ1) is 14.8. The van der Waals surface area contributed by atoms with E-state index in [1.165, 1.54) is 10.4 Å². The predicted octanol–water partition coefficient (Wildman–Crippen LogP) is 2.79. The van der Waals surface area contributed by atoms with Crippen LogP contribution in [0.1, 0.15) is 26.3 Å². The summed E-state index contributed by atoms with van der Waals surface area (Å²) < 4.78 is 32.3. The van der Waals surface area contributed by atoms with Crippen LogP contribution in [0.5, 0.6) is 0 Å². The van der Waals surface area contributed by atoms with Gasteiger partial charge in [-0.15, -0.1) is 0 Å². The highest BCUT2D eigenvalue weighted by atomic mass is 35.5. The van der Waals surface area contributed by atoms with Gasteiger partial charge in [-0.1, -0.05) is 17.7 Å². The second-order valence-corrected chi connectivity index (χ2v) is 7.66. The van der Waals surface area contributed by atoms with E-state index in [9.17, 15) is 8.42 Å². The Labute approximate surface area is 119 Å². The van der Waals surface area contributed by atoms with Crippen molar-refractivity contribution in [3.05, 3.63) is 28.8 Å². The van der Waals surface area contributed by atoms with E-state index in [1.54, 1.807) is 19.1 Å². The van der Waals surface area contributed by atoms with Crippen molar-refractivity contribution >= 4 is 21.6 Å². The Morgan fingerprint density at radius 2 is 2.05 bits per heavy atom. The minimum atomic E-state index is -3.61. The largest absolute Gasteiger partial charge is 0.360 e. The number of hydrogen-bond donors (Lipinski definition) is 0. The first-order valence-corrected chi connectivity index (χ1v) is 7.90. The molecule has 106 valence electrons. The SMILES string of the molecule is Cc1ccc(S(=O)(=O)N2C(C)OCC2(C)C)cc1Cl. The first-order chi connectivity index (χ1) is 8.66. The van der Waals surface area contributed by atoms with Gasteiger partial charge in [-0.25, -0.2) is 8.42 Å². The van der Waals surface area contributed by atoms with Crippen LogP contribution in [-0.4, -0.2) is 31.1 Å². The number of benzene rings is 1. The average Bonchev–Trinajstić information content (AvgIpc) is 2.57. The van der Waals surface area contributed by atoms with Crippen LogP contribution >= 0.6 is 11.6 Å². The van der Waals surface area contributed by atoms with Crippen molar-refractivity contribution in [2.75, 3.05) is 6.61 Å². The fraction of sp³-hybridized carbons (Fsp3) is 0.538. The third-order valence-electron chi connectivity index (χ3n) is 3.30. The number of aryl methyl sites for hydroxylation is 1. The minimum absolute atomic E-state index is 0.202. The van der Waals surface area contributed by atoms with E-state index >= 15 is 0 Å². The molecule has 0 radical (unpaired) electrons. The van der Waals surface area contributed by atoms with Crippen LogP contribution in [0.3, 0.4) is 0 Å². The Kier molecular flexibility index (Phi) is 3.68. The highest BCUT2D eigenvalue weighted by Gasteiger charge is 2.46. The van der Waals surface area contributed by atoms with Crippen molar-refractivity contribution in [3.8, 4) is 0 Å². The molecule has 2 rings (SSSR count). The molecule has 0 aliphatic carbocycles. The van der Waals surface area contributed by atoms with Crippen LogP contribution in [0, 0.1) is 6.92 Å². The number of sulfonamides is 1. The van der Waals surface area contributed by atoms with Crippen LogP contribution in [0.2, 0.25) is 5.02 Å². The zero-order valence-electron chi connectivity index (χ0n) is 11.5. The van der Waals surface area contributed by atoms with Gasteiger partial charge in [-0.3, -0.25) is 0 Å². The third-order valence-corrected chi connectivity index (χ3v) is 5.87. The smallest absolute Gasteiger partial charge is 0.245 e. The van der Waals surface area contributed by atoms with Crippen LogP contribution in [0.4, 0.5) is 0 Å². The van der Waals surface area contributed by atoms with Crippen molar-refractivity contribution < 1.29 is 13.2 Å². The fourth-order valence-electron chi connectivity index (χ4n) is 2.32. The molecule has 19 heavy (non-hydrogen) atoms. The van der Waals surface area contributed by atoms with Crippen molar-refractivity contribution in [1.29, 1.82) is 0 Å².